The topological polar surface area (TPSA) is 66.9 Å². The van der Waals surface area contributed by atoms with Crippen LogP contribution in [0.15, 0.2) is 48.1 Å². The van der Waals surface area contributed by atoms with Crippen molar-refractivity contribution in [3.63, 3.8) is 0 Å². The number of hydrogen-bond donors (Lipinski definition) is 2. The van der Waals surface area contributed by atoms with Gasteiger partial charge in [-0.2, -0.15) is 0 Å². The van der Waals surface area contributed by atoms with E-state index >= 15 is 0 Å². The third-order valence-corrected chi connectivity index (χ3v) is 4.24. The van der Waals surface area contributed by atoms with E-state index in [4.69, 9.17) is 11.6 Å². The summed E-state index contributed by atoms with van der Waals surface area (Å²) in [5.41, 5.74) is 2.76. The monoisotopic (exact) mass is 344 g/mol. The summed E-state index contributed by atoms with van der Waals surface area (Å²) in [6.45, 7) is 1.91. The smallest absolute Gasteiger partial charge is 0.275 e. The van der Waals surface area contributed by atoms with Crippen LogP contribution in [0.3, 0.4) is 0 Å². The van der Waals surface area contributed by atoms with Crippen molar-refractivity contribution in [1.29, 1.82) is 0 Å². The lowest BCUT2D eigenvalue weighted by atomic mass is 10.2. The van der Waals surface area contributed by atoms with Crippen molar-refractivity contribution in [2.45, 2.75) is 6.92 Å². The number of nitrogens with zero attached hydrogens (tertiary/aromatic N) is 2. The van der Waals surface area contributed by atoms with Gasteiger partial charge in [0.1, 0.15) is 5.69 Å². The molecular weight excluding hydrogens is 332 g/mol. The zero-order valence-corrected chi connectivity index (χ0v) is 13.8. The first kappa shape index (κ1) is 15.5. The van der Waals surface area contributed by atoms with Gasteiger partial charge in [0.25, 0.3) is 5.91 Å². The molecule has 0 spiro atoms. The molecule has 7 heteroatoms. The Morgan fingerprint density at radius 3 is 2.87 bits per heavy atom. The van der Waals surface area contributed by atoms with Crippen molar-refractivity contribution in [2.75, 3.05) is 10.6 Å². The van der Waals surface area contributed by atoms with Gasteiger partial charge in [0.05, 0.1) is 11.9 Å². The maximum Gasteiger partial charge on any atom is 0.275 e. The SMILES string of the molecule is Cc1ccc(NC(=O)c2csc(Nc3cccnc3)n2)cc1Cl. The molecule has 0 bridgehead atoms. The number of nitrogens with one attached hydrogen (secondary N) is 2. The molecule has 23 heavy (non-hydrogen) atoms. The molecule has 0 atom stereocenters. The number of halogens is 1. The molecule has 2 N–H and O–H groups in total. The number of carbonyl (C=O) groups excluding carboxylic acids is 1. The normalized spacial score (nSPS) is 10.3. The van der Waals surface area contributed by atoms with Gasteiger partial charge in [-0.3, -0.25) is 9.78 Å². The Labute approximate surface area is 142 Å². The molecule has 0 saturated carbocycles. The summed E-state index contributed by atoms with van der Waals surface area (Å²) < 4.78 is 0. The lowest BCUT2D eigenvalue weighted by Crippen LogP contribution is -2.12. The van der Waals surface area contributed by atoms with Crippen molar-refractivity contribution < 1.29 is 4.79 Å². The van der Waals surface area contributed by atoms with E-state index in [1.807, 2.05) is 25.1 Å². The Bertz CT molecular complexity index is 835. The lowest BCUT2D eigenvalue weighted by Gasteiger charge is -2.05. The number of amides is 1. The Kier molecular flexibility index (Phi) is 4.55. The summed E-state index contributed by atoms with van der Waals surface area (Å²) in [6.07, 6.45) is 3.38. The average Bonchev–Trinajstić information content (AvgIpc) is 3.00. The highest BCUT2D eigenvalue weighted by molar-refractivity contribution is 7.14. The van der Waals surface area contributed by atoms with Gasteiger partial charge in [-0.05, 0) is 36.8 Å². The zero-order chi connectivity index (χ0) is 16.2. The van der Waals surface area contributed by atoms with Crippen molar-refractivity contribution in [3.05, 3.63) is 64.4 Å². The molecule has 116 valence electrons. The fourth-order valence-corrected chi connectivity index (χ4v) is 2.75. The molecule has 5 nitrogen and oxygen atoms in total. The lowest BCUT2D eigenvalue weighted by molar-refractivity contribution is 0.102. The Balaban J connectivity index is 1.69. The second kappa shape index (κ2) is 6.76. The highest BCUT2D eigenvalue weighted by atomic mass is 35.5. The predicted octanol–water partition coefficient (Wildman–Crippen LogP) is 4.50. The summed E-state index contributed by atoms with van der Waals surface area (Å²) >= 11 is 7.41. The van der Waals surface area contributed by atoms with Crippen molar-refractivity contribution >= 4 is 45.4 Å². The van der Waals surface area contributed by atoms with Crippen LogP contribution in [0, 0.1) is 6.92 Å². The van der Waals surface area contributed by atoms with Gasteiger partial charge in [0.2, 0.25) is 0 Å². The van der Waals surface area contributed by atoms with E-state index in [0.29, 0.717) is 21.5 Å². The van der Waals surface area contributed by atoms with Gasteiger partial charge in [0.15, 0.2) is 5.13 Å². The van der Waals surface area contributed by atoms with E-state index in [2.05, 4.69) is 20.6 Å². The Morgan fingerprint density at radius 1 is 1.26 bits per heavy atom. The van der Waals surface area contributed by atoms with Gasteiger partial charge in [-0.1, -0.05) is 17.7 Å². The predicted molar refractivity (Wildman–Crippen MR) is 93.8 cm³/mol. The minimum absolute atomic E-state index is 0.277. The van der Waals surface area contributed by atoms with Crippen molar-refractivity contribution in [1.82, 2.24) is 9.97 Å². The number of thiazole rings is 1. The van der Waals surface area contributed by atoms with Gasteiger partial charge in [0, 0.05) is 22.3 Å². The molecule has 1 aromatic carbocycles. The summed E-state index contributed by atoms with van der Waals surface area (Å²) in [7, 11) is 0. The third kappa shape index (κ3) is 3.85. The molecule has 0 unspecified atom stereocenters. The van der Waals surface area contributed by atoms with Gasteiger partial charge < -0.3 is 10.6 Å². The number of hydrogen-bond acceptors (Lipinski definition) is 5. The number of rotatable bonds is 4. The maximum atomic E-state index is 12.2. The minimum atomic E-state index is -0.277. The number of anilines is 3. The van der Waals surface area contributed by atoms with Crippen LogP contribution < -0.4 is 10.6 Å². The Hall–Kier alpha value is -2.44. The molecule has 0 aliphatic carbocycles. The molecule has 0 radical (unpaired) electrons. The van der Waals surface area contributed by atoms with Crippen LogP contribution in [-0.4, -0.2) is 15.9 Å². The van der Waals surface area contributed by atoms with Crippen LogP contribution in [0.25, 0.3) is 0 Å². The van der Waals surface area contributed by atoms with Crippen LogP contribution in [0.5, 0.6) is 0 Å². The van der Waals surface area contributed by atoms with E-state index in [0.717, 1.165) is 11.3 Å². The zero-order valence-electron chi connectivity index (χ0n) is 12.2. The van der Waals surface area contributed by atoms with E-state index in [1.165, 1.54) is 11.3 Å². The molecule has 0 saturated heterocycles. The molecule has 3 rings (SSSR count). The number of benzene rings is 1. The first-order valence-corrected chi connectivity index (χ1v) is 8.07. The van der Waals surface area contributed by atoms with Crippen LogP contribution in [0.4, 0.5) is 16.5 Å². The van der Waals surface area contributed by atoms with Gasteiger partial charge in [-0.15, -0.1) is 11.3 Å². The number of aryl methyl sites for hydroxylation is 1. The molecule has 2 heterocycles. The highest BCUT2D eigenvalue weighted by Crippen LogP contribution is 2.23. The van der Waals surface area contributed by atoms with E-state index in [9.17, 15) is 4.79 Å². The Morgan fingerprint density at radius 2 is 2.13 bits per heavy atom. The van der Waals surface area contributed by atoms with Crippen LogP contribution in [0.2, 0.25) is 5.02 Å². The molecular formula is C16H13ClN4OS. The fraction of sp³-hybridized carbons (Fsp3) is 0.0625. The van der Waals surface area contributed by atoms with E-state index in [1.54, 1.807) is 29.9 Å². The fourth-order valence-electron chi connectivity index (χ4n) is 1.86. The first-order chi connectivity index (χ1) is 11.1. The van der Waals surface area contributed by atoms with Crippen LogP contribution in [0.1, 0.15) is 16.1 Å². The van der Waals surface area contributed by atoms with Crippen LogP contribution >= 0.6 is 22.9 Å². The maximum absolute atomic E-state index is 12.2. The summed E-state index contributed by atoms with van der Waals surface area (Å²) in [5.74, 6) is -0.277. The molecule has 3 aromatic rings. The second-order valence-electron chi connectivity index (χ2n) is 4.82. The second-order valence-corrected chi connectivity index (χ2v) is 6.09. The summed E-state index contributed by atoms with van der Waals surface area (Å²) in [4.78, 5) is 20.5. The average molecular weight is 345 g/mol. The summed E-state index contributed by atoms with van der Waals surface area (Å²) in [5, 5.41) is 8.83. The third-order valence-electron chi connectivity index (χ3n) is 3.08. The summed E-state index contributed by atoms with van der Waals surface area (Å²) in [6, 6.07) is 9.08. The van der Waals surface area contributed by atoms with E-state index in [-0.39, 0.29) is 5.91 Å². The number of pyridine rings is 1. The van der Waals surface area contributed by atoms with Gasteiger partial charge in [-0.25, -0.2) is 4.98 Å². The van der Waals surface area contributed by atoms with E-state index < -0.39 is 0 Å². The van der Waals surface area contributed by atoms with Crippen LogP contribution in [-0.2, 0) is 0 Å². The molecule has 0 fully saturated rings. The largest absolute Gasteiger partial charge is 0.330 e. The first-order valence-electron chi connectivity index (χ1n) is 6.82. The number of carbonyl (C=O) groups is 1. The molecule has 0 aliphatic rings. The highest BCUT2D eigenvalue weighted by Gasteiger charge is 2.12. The minimum Gasteiger partial charge on any atom is -0.330 e. The molecule has 0 aliphatic heterocycles. The molecule has 2 aromatic heterocycles. The van der Waals surface area contributed by atoms with Crippen molar-refractivity contribution in [3.8, 4) is 0 Å². The van der Waals surface area contributed by atoms with Gasteiger partial charge >= 0.3 is 0 Å². The number of aromatic nitrogens is 2. The quantitative estimate of drug-likeness (QED) is 0.731. The molecule has 1 amide bonds. The standard InChI is InChI=1S/C16H13ClN4OS/c1-10-4-5-11(7-13(10)17)19-15(22)14-9-23-16(21-14)20-12-3-2-6-18-8-12/h2-9H,1H3,(H,19,22)(H,20,21). The van der Waals surface area contributed by atoms with Crippen molar-refractivity contribution in [2.24, 2.45) is 0 Å².